The Morgan fingerprint density at radius 1 is 1.43 bits per heavy atom. The van der Waals surface area contributed by atoms with E-state index in [2.05, 4.69) is 10.6 Å². The second-order valence-electron chi connectivity index (χ2n) is 5.23. The lowest BCUT2D eigenvalue weighted by Crippen LogP contribution is -2.33. The van der Waals surface area contributed by atoms with Gasteiger partial charge in [0.1, 0.15) is 11.6 Å². The van der Waals surface area contributed by atoms with Crippen LogP contribution in [-0.4, -0.2) is 11.9 Å². The monoisotopic (exact) mass is 303 g/mol. The summed E-state index contributed by atoms with van der Waals surface area (Å²) in [7, 11) is 0. The fourth-order valence-corrected chi connectivity index (χ4v) is 2.55. The van der Waals surface area contributed by atoms with Crippen LogP contribution < -0.4 is 10.6 Å². The molecular weight excluding hydrogens is 286 g/mol. The molecule has 1 saturated carbocycles. The van der Waals surface area contributed by atoms with Gasteiger partial charge in [-0.3, -0.25) is 4.79 Å². The summed E-state index contributed by atoms with van der Waals surface area (Å²) in [4.78, 5) is 12.0. The Morgan fingerprint density at radius 3 is 2.81 bits per heavy atom. The second kappa shape index (κ2) is 7.14. The number of nitrogens with one attached hydrogen (secondary N) is 2. The van der Waals surface area contributed by atoms with Crippen molar-refractivity contribution in [3.63, 3.8) is 0 Å². The Bertz CT molecular complexity index is 598. The molecule has 0 bridgehead atoms. The molecule has 1 amide bonds. The molecule has 1 aromatic carbocycles. The van der Waals surface area contributed by atoms with E-state index >= 15 is 0 Å². The summed E-state index contributed by atoms with van der Waals surface area (Å²) < 4.78 is 0. The van der Waals surface area contributed by atoms with Gasteiger partial charge in [0.25, 0.3) is 5.91 Å². The maximum Gasteiger partial charge on any atom is 0.263 e. The number of carbonyl (C=O) groups excluding carboxylic acids is 1. The molecule has 2 rings (SSSR count). The standard InChI is InChI=1S/C16H18ClN3O/c1-11-6-7-13(17)8-15(11)19-10-12(9-18)16(21)20-14-4-2-3-5-14/h6-8,10,14,19H,2-5H2,1H3,(H,20,21)/b12-10-. The molecule has 0 spiro atoms. The molecule has 1 fully saturated rings. The number of anilines is 1. The van der Waals surface area contributed by atoms with Crippen molar-refractivity contribution in [1.29, 1.82) is 5.26 Å². The van der Waals surface area contributed by atoms with E-state index in [-0.39, 0.29) is 17.5 Å². The van der Waals surface area contributed by atoms with Crippen molar-refractivity contribution >= 4 is 23.2 Å². The van der Waals surface area contributed by atoms with Crippen molar-refractivity contribution in [3.8, 4) is 6.07 Å². The van der Waals surface area contributed by atoms with Gasteiger partial charge in [0.15, 0.2) is 0 Å². The number of amides is 1. The lowest BCUT2D eigenvalue weighted by molar-refractivity contribution is -0.117. The van der Waals surface area contributed by atoms with E-state index in [0.717, 1.165) is 36.9 Å². The molecule has 110 valence electrons. The number of nitriles is 1. The molecule has 0 aliphatic heterocycles. The third-order valence-corrected chi connectivity index (χ3v) is 3.86. The van der Waals surface area contributed by atoms with Crippen LogP contribution in [0.1, 0.15) is 31.2 Å². The van der Waals surface area contributed by atoms with Crippen molar-refractivity contribution in [2.24, 2.45) is 0 Å². The minimum Gasteiger partial charge on any atom is -0.360 e. The van der Waals surface area contributed by atoms with Gasteiger partial charge >= 0.3 is 0 Å². The number of hydrogen-bond donors (Lipinski definition) is 2. The van der Waals surface area contributed by atoms with Crippen LogP contribution in [0.5, 0.6) is 0 Å². The number of nitrogens with zero attached hydrogens (tertiary/aromatic N) is 1. The van der Waals surface area contributed by atoms with Crippen molar-refractivity contribution in [3.05, 3.63) is 40.6 Å². The summed E-state index contributed by atoms with van der Waals surface area (Å²) in [6.45, 7) is 1.93. The predicted molar refractivity (Wildman–Crippen MR) is 83.9 cm³/mol. The molecule has 1 aliphatic rings. The molecule has 2 N–H and O–H groups in total. The highest BCUT2D eigenvalue weighted by Gasteiger charge is 2.19. The molecule has 1 aromatic rings. The fourth-order valence-electron chi connectivity index (χ4n) is 2.38. The van der Waals surface area contributed by atoms with Crippen LogP contribution >= 0.6 is 11.6 Å². The molecule has 5 heteroatoms. The van der Waals surface area contributed by atoms with E-state index in [1.54, 1.807) is 12.1 Å². The molecule has 0 unspecified atom stereocenters. The van der Waals surface area contributed by atoms with Gasteiger partial charge in [0, 0.05) is 23.0 Å². The Kier molecular flexibility index (Phi) is 5.24. The first-order valence-electron chi connectivity index (χ1n) is 7.04. The zero-order chi connectivity index (χ0) is 15.2. The van der Waals surface area contributed by atoms with E-state index in [1.807, 2.05) is 19.1 Å². The van der Waals surface area contributed by atoms with Gasteiger partial charge in [-0.15, -0.1) is 0 Å². The van der Waals surface area contributed by atoms with Crippen LogP contribution in [0, 0.1) is 18.3 Å². The van der Waals surface area contributed by atoms with Gasteiger partial charge in [-0.05, 0) is 37.5 Å². The maximum absolute atomic E-state index is 12.0. The zero-order valence-electron chi connectivity index (χ0n) is 11.9. The maximum atomic E-state index is 12.0. The largest absolute Gasteiger partial charge is 0.360 e. The molecule has 0 saturated heterocycles. The molecule has 0 aromatic heterocycles. The Balaban J connectivity index is 2.04. The van der Waals surface area contributed by atoms with Crippen molar-refractivity contribution < 1.29 is 4.79 Å². The first-order chi connectivity index (χ1) is 10.1. The summed E-state index contributed by atoms with van der Waals surface area (Å²) in [5, 5.41) is 15.6. The van der Waals surface area contributed by atoms with Crippen molar-refractivity contribution in [1.82, 2.24) is 5.32 Å². The summed E-state index contributed by atoms with van der Waals surface area (Å²) in [6, 6.07) is 7.56. The van der Waals surface area contributed by atoms with Crippen molar-refractivity contribution in [2.75, 3.05) is 5.32 Å². The molecule has 1 aliphatic carbocycles. The highest BCUT2D eigenvalue weighted by molar-refractivity contribution is 6.30. The second-order valence-corrected chi connectivity index (χ2v) is 5.66. The van der Waals surface area contributed by atoms with E-state index < -0.39 is 0 Å². The number of halogens is 1. The summed E-state index contributed by atoms with van der Waals surface area (Å²) in [5.74, 6) is -0.323. The normalized spacial score (nSPS) is 15.6. The van der Waals surface area contributed by atoms with Crippen LogP contribution in [-0.2, 0) is 4.79 Å². The molecule has 4 nitrogen and oxygen atoms in total. The first-order valence-corrected chi connectivity index (χ1v) is 7.42. The van der Waals surface area contributed by atoms with E-state index in [1.165, 1.54) is 6.20 Å². The average molecular weight is 304 g/mol. The van der Waals surface area contributed by atoms with Gasteiger partial charge in [-0.2, -0.15) is 5.26 Å². The molecule has 0 heterocycles. The highest BCUT2D eigenvalue weighted by Crippen LogP contribution is 2.21. The number of benzene rings is 1. The Morgan fingerprint density at radius 2 is 2.14 bits per heavy atom. The number of rotatable bonds is 4. The quantitative estimate of drug-likeness (QED) is 0.660. The summed E-state index contributed by atoms with van der Waals surface area (Å²) in [5.41, 5.74) is 1.84. The fraction of sp³-hybridized carbons (Fsp3) is 0.375. The van der Waals surface area contributed by atoms with Gasteiger partial charge in [0.2, 0.25) is 0 Å². The van der Waals surface area contributed by atoms with Crippen molar-refractivity contribution in [2.45, 2.75) is 38.6 Å². The van der Waals surface area contributed by atoms with Crippen LogP contribution in [0.25, 0.3) is 0 Å². The van der Waals surface area contributed by atoms with Crippen LogP contribution in [0.15, 0.2) is 30.0 Å². The van der Waals surface area contributed by atoms with Gasteiger partial charge < -0.3 is 10.6 Å². The van der Waals surface area contributed by atoms with Crippen LogP contribution in [0.3, 0.4) is 0 Å². The van der Waals surface area contributed by atoms with Gasteiger partial charge in [-0.25, -0.2) is 0 Å². The van der Waals surface area contributed by atoms with E-state index in [0.29, 0.717) is 5.02 Å². The van der Waals surface area contributed by atoms with Gasteiger partial charge in [0.05, 0.1) is 0 Å². The number of hydrogen-bond acceptors (Lipinski definition) is 3. The third-order valence-electron chi connectivity index (χ3n) is 3.63. The Hall–Kier alpha value is -1.99. The zero-order valence-corrected chi connectivity index (χ0v) is 12.7. The number of carbonyl (C=O) groups is 1. The molecule has 0 atom stereocenters. The minimum absolute atomic E-state index is 0.0706. The SMILES string of the molecule is Cc1ccc(Cl)cc1N/C=C(/C#N)C(=O)NC1CCCC1. The van der Waals surface area contributed by atoms with Gasteiger partial charge in [-0.1, -0.05) is 30.5 Å². The molecule has 21 heavy (non-hydrogen) atoms. The van der Waals surface area contributed by atoms with E-state index in [9.17, 15) is 4.79 Å². The molecule has 0 radical (unpaired) electrons. The summed E-state index contributed by atoms with van der Waals surface area (Å²) in [6.07, 6.45) is 5.69. The minimum atomic E-state index is -0.323. The lowest BCUT2D eigenvalue weighted by atomic mass is 10.2. The average Bonchev–Trinajstić information content (AvgIpc) is 2.96. The molecular formula is C16H18ClN3O. The topological polar surface area (TPSA) is 64.9 Å². The number of aryl methyl sites for hydroxylation is 1. The van der Waals surface area contributed by atoms with E-state index in [4.69, 9.17) is 16.9 Å². The smallest absolute Gasteiger partial charge is 0.263 e. The lowest BCUT2D eigenvalue weighted by Gasteiger charge is -2.11. The van der Waals surface area contributed by atoms with Crippen LogP contribution in [0.4, 0.5) is 5.69 Å². The first kappa shape index (κ1) is 15.4. The summed E-state index contributed by atoms with van der Waals surface area (Å²) >= 11 is 5.94. The third kappa shape index (κ3) is 4.24. The van der Waals surface area contributed by atoms with Crippen LogP contribution in [0.2, 0.25) is 5.02 Å². The highest BCUT2D eigenvalue weighted by atomic mass is 35.5. The Labute approximate surface area is 129 Å². The predicted octanol–water partition coefficient (Wildman–Crippen LogP) is 3.53.